The van der Waals surface area contributed by atoms with Crippen molar-refractivity contribution in [3.63, 3.8) is 0 Å². The number of esters is 1. The monoisotopic (exact) mass is 688 g/mol. The van der Waals surface area contributed by atoms with E-state index in [1.807, 2.05) is 43.3 Å². The molecule has 0 unspecified atom stereocenters. The highest BCUT2D eigenvalue weighted by molar-refractivity contribution is 7.07. The van der Waals surface area contributed by atoms with E-state index < -0.39 is 12.0 Å². The Bertz CT molecular complexity index is 2050. The van der Waals surface area contributed by atoms with Gasteiger partial charge in [0.25, 0.3) is 5.56 Å². The largest absolute Gasteiger partial charge is 0.497 e. The van der Waals surface area contributed by atoms with Gasteiger partial charge in [-0.2, -0.15) is 0 Å². The summed E-state index contributed by atoms with van der Waals surface area (Å²) in [6, 6.07) is 15.7. The molecular formula is C37H37ClN2O7S. The number of rotatable bonds is 13. The average Bonchev–Trinajstić information content (AvgIpc) is 3.38. The van der Waals surface area contributed by atoms with E-state index in [-0.39, 0.29) is 17.7 Å². The van der Waals surface area contributed by atoms with Gasteiger partial charge in [-0.1, -0.05) is 41.1 Å². The minimum atomic E-state index is -0.869. The first-order valence-corrected chi connectivity index (χ1v) is 16.6. The molecule has 0 spiro atoms. The topological polar surface area (TPSA) is 97.6 Å². The van der Waals surface area contributed by atoms with Crippen molar-refractivity contribution in [2.75, 3.05) is 27.4 Å². The molecule has 0 aliphatic carbocycles. The zero-order valence-electron chi connectivity index (χ0n) is 27.5. The second-order valence-electron chi connectivity index (χ2n) is 10.8. The third-order valence-corrected chi connectivity index (χ3v) is 8.90. The molecule has 0 bridgehead atoms. The molecule has 1 aliphatic rings. The molecule has 48 heavy (non-hydrogen) atoms. The van der Waals surface area contributed by atoms with Crippen LogP contribution in [0.15, 0.2) is 88.3 Å². The van der Waals surface area contributed by atoms with Crippen molar-refractivity contribution in [2.24, 2.45) is 4.99 Å². The summed E-state index contributed by atoms with van der Waals surface area (Å²) < 4.78 is 30.9. The van der Waals surface area contributed by atoms with Crippen LogP contribution in [0.5, 0.6) is 23.0 Å². The van der Waals surface area contributed by atoms with Crippen molar-refractivity contribution < 1.29 is 28.5 Å². The highest BCUT2D eigenvalue weighted by atomic mass is 35.5. The zero-order chi connectivity index (χ0) is 34.4. The highest BCUT2D eigenvalue weighted by Crippen LogP contribution is 2.38. The summed E-state index contributed by atoms with van der Waals surface area (Å²) in [6.45, 7) is 10.2. The second-order valence-corrected chi connectivity index (χ2v) is 12.2. The lowest BCUT2D eigenvalue weighted by atomic mass is 9.94. The number of thiazole rings is 1. The van der Waals surface area contributed by atoms with E-state index in [2.05, 4.69) is 6.58 Å². The lowest BCUT2D eigenvalue weighted by Gasteiger charge is -2.26. The van der Waals surface area contributed by atoms with Gasteiger partial charge in [-0.15, -0.1) is 6.58 Å². The third kappa shape index (κ3) is 7.19. The van der Waals surface area contributed by atoms with Crippen LogP contribution in [-0.2, 0) is 22.6 Å². The number of hydrogen-bond acceptors (Lipinski definition) is 9. The molecule has 1 atom stereocenters. The Morgan fingerprint density at radius 3 is 2.46 bits per heavy atom. The number of allylic oxidation sites excluding steroid dienone is 2. The van der Waals surface area contributed by atoms with Crippen LogP contribution in [0.4, 0.5) is 0 Å². The van der Waals surface area contributed by atoms with Crippen molar-refractivity contribution in [3.8, 4) is 23.0 Å². The number of nitrogens with zero attached hydrogens (tertiary/aromatic N) is 2. The lowest BCUT2D eigenvalue weighted by molar-refractivity contribution is -0.139. The Morgan fingerprint density at radius 1 is 1.02 bits per heavy atom. The molecule has 1 aromatic heterocycles. The Hall–Kier alpha value is -4.80. The first-order chi connectivity index (χ1) is 23.2. The number of aromatic nitrogens is 1. The Morgan fingerprint density at radius 2 is 1.79 bits per heavy atom. The fourth-order valence-electron chi connectivity index (χ4n) is 5.53. The number of halogens is 1. The van der Waals surface area contributed by atoms with E-state index in [1.165, 1.54) is 23.0 Å². The molecule has 1 aliphatic heterocycles. The van der Waals surface area contributed by atoms with Crippen molar-refractivity contribution in [3.05, 3.63) is 125 Å². The number of benzene rings is 3. The molecule has 11 heteroatoms. The SMILES string of the molecule is C=CCc1cc(/C=c2/sc3n(c2=O)[C@H](c2cc(OC)ccc2OC)C(C(=O)OCC)=C(C)N=3)cc(OCC)c1OCc1ccc(Cl)cc1. The number of hydrogen-bond donors (Lipinski definition) is 0. The van der Waals surface area contributed by atoms with Gasteiger partial charge in [0.05, 0.1) is 43.2 Å². The smallest absolute Gasteiger partial charge is 0.338 e. The fourth-order valence-corrected chi connectivity index (χ4v) is 6.70. The maximum Gasteiger partial charge on any atom is 0.338 e. The van der Waals surface area contributed by atoms with Crippen LogP contribution in [-0.4, -0.2) is 38.0 Å². The molecule has 4 aromatic rings. The van der Waals surface area contributed by atoms with Gasteiger partial charge in [0, 0.05) is 16.1 Å². The number of fused-ring (bicyclic) bond motifs is 1. The normalized spacial score (nSPS) is 14.2. The molecule has 0 amide bonds. The van der Waals surface area contributed by atoms with Crippen LogP contribution in [0.1, 0.15) is 49.1 Å². The first kappa shape index (κ1) is 34.5. The van der Waals surface area contributed by atoms with Crippen LogP contribution < -0.4 is 33.8 Å². The maximum atomic E-state index is 14.3. The van der Waals surface area contributed by atoms with Gasteiger partial charge in [-0.25, -0.2) is 9.79 Å². The highest BCUT2D eigenvalue weighted by Gasteiger charge is 2.35. The van der Waals surface area contributed by atoms with E-state index in [0.717, 1.165) is 16.7 Å². The number of carbonyl (C=O) groups is 1. The number of carbonyl (C=O) groups excluding carboxylic acids is 1. The quantitative estimate of drug-likeness (QED) is 0.122. The summed E-state index contributed by atoms with van der Waals surface area (Å²) in [5, 5.41) is 0.650. The summed E-state index contributed by atoms with van der Waals surface area (Å²) >= 11 is 7.29. The summed E-state index contributed by atoms with van der Waals surface area (Å²) in [4.78, 5) is 32.8. The Balaban J connectivity index is 1.66. The standard InChI is InChI=1S/C37H37ClN2O7S/c1-7-10-25-17-24(18-30(45-8-2)34(25)47-21-23-11-13-26(38)14-12-23)19-31-35(41)40-33(28-20-27(43-5)15-16-29(28)44-6)32(36(42)46-9-3)22(4)39-37(40)48-31/h7,11-20,33H,1,8-10,21H2,2-6H3/b31-19+/t33-/m1/s1. The third-order valence-electron chi connectivity index (χ3n) is 7.66. The van der Waals surface area contributed by atoms with Crippen LogP contribution >= 0.6 is 22.9 Å². The molecule has 5 rings (SSSR count). The lowest BCUT2D eigenvalue weighted by Crippen LogP contribution is -2.40. The average molecular weight is 689 g/mol. The Kier molecular flexibility index (Phi) is 11.1. The minimum Gasteiger partial charge on any atom is -0.497 e. The van der Waals surface area contributed by atoms with Crippen LogP contribution in [0.2, 0.25) is 5.02 Å². The van der Waals surface area contributed by atoms with Crippen molar-refractivity contribution >= 4 is 35.0 Å². The summed E-state index contributed by atoms with van der Waals surface area (Å²) in [5.74, 6) is 1.61. The maximum absolute atomic E-state index is 14.3. The minimum absolute atomic E-state index is 0.163. The van der Waals surface area contributed by atoms with Gasteiger partial charge in [0.1, 0.15) is 24.1 Å². The summed E-state index contributed by atoms with van der Waals surface area (Å²) in [7, 11) is 3.09. The number of methoxy groups -OCH3 is 2. The van der Waals surface area contributed by atoms with Crippen molar-refractivity contribution in [1.29, 1.82) is 0 Å². The fraction of sp³-hybridized carbons (Fsp3) is 0.270. The molecule has 0 radical (unpaired) electrons. The van der Waals surface area contributed by atoms with E-state index in [9.17, 15) is 9.59 Å². The molecule has 2 heterocycles. The van der Waals surface area contributed by atoms with E-state index >= 15 is 0 Å². The molecule has 9 nitrogen and oxygen atoms in total. The molecule has 0 saturated carbocycles. The molecule has 0 fully saturated rings. The van der Waals surface area contributed by atoms with Gasteiger partial charge in [0.15, 0.2) is 16.3 Å². The first-order valence-electron chi connectivity index (χ1n) is 15.4. The van der Waals surface area contributed by atoms with Gasteiger partial charge >= 0.3 is 5.97 Å². The predicted molar refractivity (Wildman–Crippen MR) is 187 cm³/mol. The van der Waals surface area contributed by atoms with Gasteiger partial charge in [-0.3, -0.25) is 9.36 Å². The summed E-state index contributed by atoms with van der Waals surface area (Å²) in [5.41, 5.74) is 3.47. The molecular weight excluding hydrogens is 652 g/mol. The zero-order valence-corrected chi connectivity index (χ0v) is 29.1. The molecule has 3 aromatic carbocycles. The molecule has 0 N–H and O–H groups in total. The Labute approximate surface area is 288 Å². The van der Waals surface area contributed by atoms with Gasteiger partial charge in [-0.05, 0) is 86.9 Å². The van der Waals surface area contributed by atoms with Crippen molar-refractivity contribution in [2.45, 2.75) is 39.8 Å². The van der Waals surface area contributed by atoms with Crippen molar-refractivity contribution in [1.82, 2.24) is 4.57 Å². The van der Waals surface area contributed by atoms with Gasteiger partial charge in [0.2, 0.25) is 0 Å². The molecule has 0 saturated heterocycles. The summed E-state index contributed by atoms with van der Waals surface area (Å²) in [6.07, 6.45) is 4.10. The van der Waals surface area contributed by atoms with Crippen LogP contribution in [0, 0.1) is 0 Å². The predicted octanol–water partition coefficient (Wildman–Crippen LogP) is 6.18. The van der Waals surface area contributed by atoms with Crippen LogP contribution in [0.3, 0.4) is 0 Å². The number of ether oxygens (including phenoxy) is 5. The van der Waals surface area contributed by atoms with Gasteiger partial charge < -0.3 is 23.7 Å². The van der Waals surface area contributed by atoms with Crippen LogP contribution in [0.25, 0.3) is 6.08 Å². The van der Waals surface area contributed by atoms with E-state index in [1.54, 1.807) is 51.3 Å². The van der Waals surface area contributed by atoms with E-state index in [4.69, 9.17) is 40.3 Å². The molecule has 250 valence electrons. The second kappa shape index (κ2) is 15.4. The van der Waals surface area contributed by atoms with E-state index in [0.29, 0.717) is 68.2 Å².